The van der Waals surface area contributed by atoms with E-state index in [0.29, 0.717) is 17.9 Å². The molecule has 0 spiro atoms. The summed E-state index contributed by atoms with van der Waals surface area (Å²) >= 11 is 0. The molecule has 0 N–H and O–H groups in total. The molecule has 1 unspecified atom stereocenters. The summed E-state index contributed by atoms with van der Waals surface area (Å²) in [5.74, 6) is 1.38. The van der Waals surface area contributed by atoms with Crippen molar-refractivity contribution in [3.8, 4) is 0 Å². The van der Waals surface area contributed by atoms with Crippen LogP contribution in [0.2, 0.25) is 0 Å². The summed E-state index contributed by atoms with van der Waals surface area (Å²) in [6.07, 6.45) is 2.27. The lowest BCUT2D eigenvalue weighted by atomic mass is 9.96. The van der Waals surface area contributed by atoms with Crippen molar-refractivity contribution < 1.29 is 9.42 Å². The van der Waals surface area contributed by atoms with E-state index in [1.807, 2.05) is 23.1 Å². The maximum absolute atomic E-state index is 12.6. The van der Waals surface area contributed by atoms with Gasteiger partial charge in [0.1, 0.15) is 17.2 Å². The molecule has 1 atom stereocenters. The van der Waals surface area contributed by atoms with Crippen LogP contribution in [0.5, 0.6) is 0 Å². The first-order valence-corrected chi connectivity index (χ1v) is 8.60. The van der Waals surface area contributed by atoms with Crippen LogP contribution in [0.25, 0.3) is 11.0 Å². The van der Waals surface area contributed by atoms with E-state index in [9.17, 15) is 4.79 Å². The molecule has 1 aliphatic heterocycles. The van der Waals surface area contributed by atoms with Gasteiger partial charge in [-0.15, -0.1) is 0 Å². The lowest BCUT2D eigenvalue weighted by Gasteiger charge is -2.32. The van der Waals surface area contributed by atoms with Gasteiger partial charge in [0.15, 0.2) is 0 Å². The third-order valence-corrected chi connectivity index (χ3v) is 5.03. The molecule has 0 radical (unpaired) electrons. The van der Waals surface area contributed by atoms with Crippen molar-refractivity contribution >= 4 is 16.9 Å². The van der Waals surface area contributed by atoms with Crippen molar-refractivity contribution in [1.82, 2.24) is 24.8 Å². The van der Waals surface area contributed by atoms with Gasteiger partial charge in [-0.1, -0.05) is 22.4 Å². The number of imidazole rings is 1. The van der Waals surface area contributed by atoms with Crippen LogP contribution in [0.1, 0.15) is 36.0 Å². The molecule has 1 fully saturated rings. The van der Waals surface area contributed by atoms with Gasteiger partial charge in [0.2, 0.25) is 5.91 Å². The Labute approximate surface area is 145 Å². The zero-order chi connectivity index (χ0) is 17.4. The summed E-state index contributed by atoms with van der Waals surface area (Å²) < 4.78 is 6.84. The highest BCUT2D eigenvalue weighted by Gasteiger charge is 2.28. The molecule has 0 saturated carbocycles. The third kappa shape index (κ3) is 2.90. The van der Waals surface area contributed by atoms with E-state index in [-0.39, 0.29) is 18.2 Å². The molecule has 7 heteroatoms. The van der Waals surface area contributed by atoms with Crippen molar-refractivity contribution in [1.29, 1.82) is 0 Å². The number of piperidine rings is 1. The summed E-state index contributed by atoms with van der Waals surface area (Å²) in [5.41, 5.74) is 3.44. The summed E-state index contributed by atoms with van der Waals surface area (Å²) in [5, 5.41) is 7.56. The number of benzene rings is 1. The van der Waals surface area contributed by atoms with Gasteiger partial charge < -0.3 is 9.47 Å². The number of hydrogen-bond donors (Lipinski definition) is 0. The topological polar surface area (TPSA) is 77.1 Å². The number of nitrogens with zero attached hydrogens (tertiary/aromatic N) is 5. The van der Waals surface area contributed by atoms with Crippen LogP contribution in [0, 0.1) is 6.92 Å². The minimum Gasteiger partial charge on any atom is -0.342 e. The Morgan fingerprint density at radius 2 is 2.16 bits per heavy atom. The molecule has 3 heterocycles. The molecule has 1 aliphatic rings. The molecular formula is C18H21N5O2. The quantitative estimate of drug-likeness (QED) is 0.731. The third-order valence-electron chi connectivity index (χ3n) is 5.03. The number of aromatic nitrogens is 4. The molecule has 25 heavy (non-hydrogen) atoms. The van der Waals surface area contributed by atoms with Crippen LogP contribution in [-0.4, -0.2) is 43.8 Å². The molecule has 3 aromatic rings. The van der Waals surface area contributed by atoms with Gasteiger partial charge in [-0.25, -0.2) is 9.61 Å². The number of hydrogen-bond acceptors (Lipinski definition) is 5. The highest BCUT2D eigenvalue weighted by molar-refractivity contribution is 5.79. The number of rotatable bonds is 3. The second kappa shape index (κ2) is 6.31. The first-order chi connectivity index (χ1) is 12.1. The maximum atomic E-state index is 12.6. The highest BCUT2D eigenvalue weighted by Crippen LogP contribution is 2.28. The monoisotopic (exact) mass is 339 g/mol. The van der Waals surface area contributed by atoms with E-state index in [4.69, 9.17) is 4.98 Å². The molecule has 0 aliphatic carbocycles. The number of likely N-dealkylation sites (tertiary alicyclic amines) is 1. The normalized spacial score (nSPS) is 18.0. The zero-order valence-corrected chi connectivity index (χ0v) is 14.5. The van der Waals surface area contributed by atoms with Gasteiger partial charge in [-0.05, 0) is 31.9 Å². The number of fused-ring (bicyclic) bond motifs is 1. The van der Waals surface area contributed by atoms with Crippen molar-refractivity contribution in [2.24, 2.45) is 7.05 Å². The molecular weight excluding hydrogens is 318 g/mol. The van der Waals surface area contributed by atoms with E-state index < -0.39 is 0 Å². The lowest BCUT2D eigenvalue weighted by molar-refractivity contribution is -0.131. The second-order valence-corrected chi connectivity index (χ2v) is 6.67. The van der Waals surface area contributed by atoms with E-state index >= 15 is 0 Å². The fourth-order valence-electron chi connectivity index (χ4n) is 3.61. The number of para-hydroxylation sites is 2. The molecule has 1 amide bonds. The minimum absolute atomic E-state index is 0.0715. The smallest absolute Gasteiger partial charge is 0.228 e. The Bertz CT molecular complexity index is 913. The van der Waals surface area contributed by atoms with Crippen LogP contribution in [0.15, 0.2) is 28.9 Å². The number of carbonyl (C=O) groups excluding carboxylic acids is 1. The van der Waals surface area contributed by atoms with Crippen LogP contribution >= 0.6 is 0 Å². The van der Waals surface area contributed by atoms with E-state index in [1.54, 1.807) is 6.92 Å². The molecule has 7 nitrogen and oxygen atoms in total. The van der Waals surface area contributed by atoms with Crippen LogP contribution < -0.4 is 0 Å². The van der Waals surface area contributed by atoms with Crippen LogP contribution in [0.4, 0.5) is 0 Å². The average Bonchev–Trinajstić information content (AvgIpc) is 3.19. The Kier molecular flexibility index (Phi) is 3.99. The first-order valence-electron chi connectivity index (χ1n) is 8.60. The van der Waals surface area contributed by atoms with Gasteiger partial charge in [0, 0.05) is 26.1 Å². The molecule has 0 bridgehead atoms. The molecule has 2 aromatic heterocycles. The number of aryl methyl sites for hydroxylation is 2. The highest BCUT2D eigenvalue weighted by atomic mass is 16.6. The maximum Gasteiger partial charge on any atom is 0.228 e. The zero-order valence-electron chi connectivity index (χ0n) is 14.5. The van der Waals surface area contributed by atoms with Crippen molar-refractivity contribution in [2.75, 3.05) is 13.1 Å². The minimum atomic E-state index is 0.0715. The van der Waals surface area contributed by atoms with Crippen LogP contribution in [0.3, 0.4) is 0 Å². The Morgan fingerprint density at radius 3 is 2.92 bits per heavy atom. The number of carbonyl (C=O) groups is 1. The molecule has 130 valence electrons. The van der Waals surface area contributed by atoms with Gasteiger partial charge in [-0.3, -0.25) is 4.79 Å². The van der Waals surface area contributed by atoms with Gasteiger partial charge in [0.25, 0.3) is 0 Å². The number of amides is 1. The fourth-order valence-corrected chi connectivity index (χ4v) is 3.61. The Hall–Kier alpha value is -2.70. The second-order valence-electron chi connectivity index (χ2n) is 6.67. The fraction of sp³-hybridized carbons (Fsp3) is 0.444. The average molecular weight is 339 g/mol. The van der Waals surface area contributed by atoms with Gasteiger partial charge in [-0.2, -0.15) is 0 Å². The van der Waals surface area contributed by atoms with Crippen molar-refractivity contribution in [3.63, 3.8) is 0 Å². The predicted octanol–water partition coefficient (Wildman–Crippen LogP) is 2.21. The summed E-state index contributed by atoms with van der Waals surface area (Å²) in [6.45, 7) is 3.28. The van der Waals surface area contributed by atoms with E-state index in [1.165, 1.54) is 0 Å². The van der Waals surface area contributed by atoms with Gasteiger partial charge >= 0.3 is 0 Å². The van der Waals surface area contributed by atoms with Crippen molar-refractivity contribution in [2.45, 2.75) is 32.1 Å². The lowest BCUT2D eigenvalue weighted by Crippen LogP contribution is -2.40. The Morgan fingerprint density at radius 1 is 1.32 bits per heavy atom. The summed E-state index contributed by atoms with van der Waals surface area (Å²) in [6, 6.07) is 8.14. The molecule has 1 saturated heterocycles. The van der Waals surface area contributed by atoms with Crippen LogP contribution in [-0.2, 0) is 18.3 Å². The molecule has 1 aromatic carbocycles. The largest absolute Gasteiger partial charge is 0.342 e. The Balaban J connectivity index is 1.53. The molecule has 4 rings (SSSR count). The summed E-state index contributed by atoms with van der Waals surface area (Å²) in [7, 11) is 2.05. The standard InChI is InChI=1S/C18H21N5O2/c1-12-15(21-25-20-12)10-17(24)23-9-5-6-13(11-23)18-19-14-7-3-4-8-16(14)22(18)2/h3-4,7-8,13H,5-6,9-11H2,1-2H3. The predicted molar refractivity (Wildman–Crippen MR) is 92.0 cm³/mol. The SMILES string of the molecule is Cc1nonc1CC(=O)N1CCCC(c2nc3ccccc3n2C)C1. The van der Waals surface area contributed by atoms with E-state index in [2.05, 4.69) is 32.6 Å². The summed E-state index contributed by atoms with van der Waals surface area (Å²) in [4.78, 5) is 19.4. The van der Waals surface area contributed by atoms with Crippen molar-refractivity contribution in [3.05, 3.63) is 41.5 Å². The van der Waals surface area contributed by atoms with E-state index in [0.717, 1.165) is 36.2 Å². The first kappa shape index (κ1) is 15.8. The van der Waals surface area contributed by atoms with Gasteiger partial charge in [0.05, 0.1) is 17.5 Å².